The first-order valence-electron chi connectivity index (χ1n) is 8.77. The summed E-state index contributed by atoms with van der Waals surface area (Å²) in [5, 5.41) is 3.62. The molecule has 2 fully saturated rings. The molecule has 0 aromatic heterocycles. The molecule has 2 saturated heterocycles. The number of amides is 1. The molecule has 1 amide bonds. The van der Waals surface area contributed by atoms with Gasteiger partial charge in [-0.25, -0.2) is 0 Å². The van der Waals surface area contributed by atoms with Crippen molar-refractivity contribution in [1.82, 2.24) is 10.2 Å². The third kappa shape index (κ3) is 3.86. The highest BCUT2D eigenvalue weighted by Crippen LogP contribution is 2.29. The van der Waals surface area contributed by atoms with Crippen LogP contribution in [0.1, 0.15) is 51.0 Å². The first kappa shape index (κ1) is 16.3. The second-order valence-corrected chi connectivity index (χ2v) is 7.28. The van der Waals surface area contributed by atoms with Crippen molar-refractivity contribution in [3.05, 3.63) is 29.8 Å². The van der Waals surface area contributed by atoms with E-state index in [4.69, 9.17) is 4.74 Å². The maximum Gasteiger partial charge on any atom is 0.260 e. The number of hydrogen-bond donors (Lipinski definition) is 1. The number of carbonyl (C=O) groups excluding carboxylic acids is 1. The lowest BCUT2D eigenvalue weighted by Crippen LogP contribution is -2.49. The van der Waals surface area contributed by atoms with Crippen molar-refractivity contribution in [2.75, 3.05) is 13.7 Å². The van der Waals surface area contributed by atoms with Crippen LogP contribution in [0.5, 0.6) is 5.75 Å². The summed E-state index contributed by atoms with van der Waals surface area (Å²) in [6.07, 6.45) is 4.65. The van der Waals surface area contributed by atoms with Crippen LogP contribution in [0.25, 0.3) is 0 Å². The molecule has 4 nitrogen and oxygen atoms in total. The molecule has 0 saturated carbocycles. The van der Waals surface area contributed by atoms with Crippen molar-refractivity contribution in [3.8, 4) is 5.75 Å². The predicted molar refractivity (Wildman–Crippen MR) is 91.8 cm³/mol. The number of carbonyl (C=O) groups is 1. The summed E-state index contributed by atoms with van der Waals surface area (Å²) in [5.74, 6) is 1.35. The molecule has 3 rings (SSSR count). The topological polar surface area (TPSA) is 41.6 Å². The predicted octanol–water partition coefficient (Wildman–Crippen LogP) is 2.93. The largest absolute Gasteiger partial charge is 0.484 e. The van der Waals surface area contributed by atoms with E-state index in [0.29, 0.717) is 24.0 Å². The van der Waals surface area contributed by atoms with Crippen LogP contribution >= 0.6 is 0 Å². The van der Waals surface area contributed by atoms with E-state index in [2.05, 4.69) is 31.3 Å². The van der Waals surface area contributed by atoms with Crippen LogP contribution in [0.2, 0.25) is 0 Å². The Morgan fingerprint density at radius 2 is 1.83 bits per heavy atom. The quantitative estimate of drug-likeness (QED) is 0.908. The molecular weight excluding hydrogens is 288 g/mol. The van der Waals surface area contributed by atoms with E-state index in [-0.39, 0.29) is 12.5 Å². The Morgan fingerprint density at radius 3 is 2.39 bits per heavy atom. The van der Waals surface area contributed by atoms with Crippen molar-refractivity contribution >= 4 is 5.91 Å². The summed E-state index contributed by atoms with van der Waals surface area (Å²) in [6, 6.07) is 9.59. The Balaban J connectivity index is 1.50. The van der Waals surface area contributed by atoms with E-state index in [0.717, 1.165) is 18.6 Å². The van der Waals surface area contributed by atoms with Crippen molar-refractivity contribution in [2.24, 2.45) is 0 Å². The number of nitrogens with zero attached hydrogens (tertiary/aromatic N) is 1. The van der Waals surface area contributed by atoms with Gasteiger partial charge >= 0.3 is 0 Å². The second-order valence-electron chi connectivity index (χ2n) is 7.28. The Labute approximate surface area is 139 Å². The van der Waals surface area contributed by atoms with Gasteiger partial charge in [0.05, 0.1) is 0 Å². The van der Waals surface area contributed by atoms with Crippen molar-refractivity contribution in [1.29, 1.82) is 0 Å². The third-order valence-corrected chi connectivity index (χ3v) is 5.30. The van der Waals surface area contributed by atoms with Crippen LogP contribution in [0.3, 0.4) is 0 Å². The first-order chi connectivity index (χ1) is 11.0. The van der Waals surface area contributed by atoms with E-state index in [1.807, 2.05) is 24.1 Å². The number of piperidine rings is 1. The van der Waals surface area contributed by atoms with Crippen molar-refractivity contribution < 1.29 is 9.53 Å². The molecule has 0 aliphatic carbocycles. The van der Waals surface area contributed by atoms with Gasteiger partial charge in [-0.3, -0.25) is 4.79 Å². The molecule has 23 heavy (non-hydrogen) atoms. The van der Waals surface area contributed by atoms with E-state index >= 15 is 0 Å². The van der Waals surface area contributed by atoms with Gasteiger partial charge in [0.15, 0.2) is 6.61 Å². The van der Waals surface area contributed by atoms with E-state index in [9.17, 15) is 4.79 Å². The van der Waals surface area contributed by atoms with Crippen LogP contribution in [0.4, 0.5) is 0 Å². The summed E-state index contributed by atoms with van der Waals surface area (Å²) in [5.41, 5.74) is 1.28. The van der Waals surface area contributed by atoms with Gasteiger partial charge in [0.2, 0.25) is 0 Å². The number of ether oxygens (including phenoxy) is 1. The molecule has 2 atom stereocenters. The van der Waals surface area contributed by atoms with Crippen LogP contribution in [0.15, 0.2) is 24.3 Å². The zero-order valence-electron chi connectivity index (χ0n) is 14.4. The summed E-state index contributed by atoms with van der Waals surface area (Å²) >= 11 is 0. The fraction of sp³-hybridized carbons (Fsp3) is 0.632. The Hall–Kier alpha value is -1.55. The molecule has 2 aliphatic rings. The minimum atomic E-state index is 0.0734. The Bertz CT molecular complexity index is 529. The fourth-order valence-corrected chi connectivity index (χ4v) is 3.74. The number of likely N-dealkylation sites (N-methyl/N-ethyl adjacent to an activating group) is 1. The second kappa shape index (κ2) is 6.91. The summed E-state index contributed by atoms with van der Waals surface area (Å²) in [6.45, 7) is 4.46. The molecular formula is C19H28N2O2. The molecule has 0 radical (unpaired) electrons. The van der Waals surface area contributed by atoms with Crippen molar-refractivity contribution in [3.63, 3.8) is 0 Å². The number of nitrogens with one attached hydrogen (secondary N) is 1. The van der Waals surface area contributed by atoms with E-state index in [1.165, 1.54) is 18.4 Å². The third-order valence-electron chi connectivity index (χ3n) is 5.30. The zero-order chi connectivity index (χ0) is 16.4. The minimum Gasteiger partial charge on any atom is -0.484 e. The molecule has 1 N–H and O–H groups in total. The van der Waals surface area contributed by atoms with Gasteiger partial charge < -0.3 is 15.0 Å². The standard InChI is InChI=1S/C19H28N2O2/c1-13(2)14-4-8-18(9-5-14)23-12-19(22)21(3)17-10-15-6-7-16(11-17)20-15/h4-5,8-9,13,15-17,20H,6-7,10-12H2,1-3H3. The molecule has 0 spiro atoms. The van der Waals surface area contributed by atoms with E-state index in [1.54, 1.807) is 0 Å². The van der Waals surface area contributed by atoms with Gasteiger partial charge in [0.25, 0.3) is 5.91 Å². The van der Waals surface area contributed by atoms with Gasteiger partial charge in [-0.1, -0.05) is 26.0 Å². The highest BCUT2D eigenvalue weighted by molar-refractivity contribution is 5.77. The SMILES string of the molecule is CC(C)c1ccc(OCC(=O)N(C)C2CC3CCC(C2)N3)cc1. The van der Waals surface area contributed by atoms with Gasteiger partial charge in [-0.2, -0.15) is 0 Å². The summed E-state index contributed by atoms with van der Waals surface area (Å²) < 4.78 is 5.68. The van der Waals surface area contributed by atoms with Gasteiger partial charge in [0, 0.05) is 25.2 Å². The molecule has 2 heterocycles. The Morgan fingerprint density at radius 1 is 1.22 bits per heavy atom. The average Bonchev–Trinajstić information content (AvgIpc) is 2.90. The molecule has 2 aliphatic heterocycles. The van der Waals surface area contributed by atoms with Crippen molar-refractivity contribution in [2.45, 2.75) is 63.6 Å². The molecule has 2 unspecified atom stereocenters. The molecule has 126 valence electrons. The first-order valence-corrected chi connectivity index (χ1v) is 8.77. The van der Waals surface area contributed by atoms with Gasteiger partial charge in [0.1, 0.15) is 5.75 Å². The highest BCUT2D eigenvalue weighted by Gasteiger charge is 2.36. The smallest absolute Gasteiger partial charge is 0.260 e. The summed E-state index contributed by atoms with van der Waals surface area (Å²) in [4.78, 5) is 14.3. The number of benzene rings is 1. The molecule has 2 bridgehead atoms. The van der Waals surface area contributed by atoms with E-state index < -0.39 is 0 Å². The summed E-state index contributed by atoms with van der Waals surface area (Å²) in [7, 11) is 1.92. The maximum absolute atomic E-state index is 12.4. The van der Waals surface area contributed by atoms with Crippen LogP contribution < -0.4 is 10.1 Å². The fourth-order valence-electron chi connectivity index (χ4n) is 3.74. The van der Waals surface area contributed by atoms with Crippen LogP contribution in [-0.2, 0) is 4.79 Å². The Kier molecular flexibility index (Phi) is 4.90. The molecule has 1 aromatic rings. The number of hydrogen-bond acceptors (Lipinski definition) is 3. The zero-order valence-corrected chi connectivity index (χ0v) is 14.4. The minimum absolute atomic E-state index is 0.0734. The molecule has 1 aromatic carbocycles. The lowest BCUT2D eigenvalue weighted by molar-refractivity contribution is -0.134. The number of fused-ring (bicyclic) bond motifs is 2. The van der Waals surface area contributed by atoms with Gasteiger partial charge in [-0.15, -0.1) is 0 Å². The maximum atomic E-state index is 12.4. The highest BCUT2D eigenvalue weighted by atomic mass is 16.5. The lowest BCUT2D eigenvalue weighted by atomic mass is 9.98. The monoisotopic (exact) mass is 316 g/mol. The number of rotatable bonds is 5. The molecule has 4 heteroatoms. The normalized spacial score (nSPS) is 26.3. The average molecular weight is 316 g/mol. The van der Waals surface area contributed by atoms with Gasteiger partial charge in [-0.05, 0) is 49.3 Å². The van der Waals surface area contributed by atoms with Crippen LogP contribution in [0, 0.1) is 0 Å². The van der Waals surface area contributed by atoms with Crippen LogP contribution in [-0.4, -0.2) is 42.6 Å². The lowest BCUT2D eigenvalue weighted by Gasteiger charge is -2.35.